The van der Waals surface area contributed by atoms with Crippen LogP contribution < -0.4 is 5.32 Å². The quantitative estimate of drug-likeness (QED) is 0.870. The molecule has 0 saturated heterocycles. The molecule has 1 nitrogen and oxygen atoms in total. The zero-order valence-electron chi connectivity index (χ0n) is 9.81. The van der Waals surface area contributed by atoms with Gasteiger partial charge in [0.25, 0.3) is 0 Å². The predicted molar refractivity (Wildman–Crippen MR) is 72.6 cm³/mol. The summed E-state index contributed by atoms with van der Waals surface area (Å²) >= 11 is 3.39. The lowest BCUT2D eigenvalue weighted by Crippen LogP contribution is -2.03. The molecule has 1 N–H and O–H groups in total. The van der Waals surface area contributed by atoms with Gasteiger partial charge in [-0.15, -0.1) is 0 Å². The average molecular weight is 312 g/mol. The van der Waals surface area contributed by atoms with Crippen LogP contribution in [0.2, 0.25) is 0 Å². The van der Waals surface area contributed by atoms with E-state index in [4.69, 9.17) is 0 Å². The van der Waals surface area contributed by atoms with Crippen molar-refractivity contribution in [3.63, 3.8) is 0 Å². The van der Waals surface area contributed by atoms with Crippen molar-refractivity contribution >= 4 is 21.6 Å². The van der Waals surface area contributed by atoms with Crippen LogP contribution in [0.25, 0.3) is 0 Å². The molecule has 0 aromatic heterocycles. The second-order valence-corrected chi connectivity index (χ2v) is 5.00. The van der Waals surface area contributed by atoms with Crippen LogP contribution in [-0.4, -0.2) is 0 Å². The summed E-state index contributed by atoms with van der Waals surface area (Å²) in [4.78, 5) is 0. The molecule has 0 aliphatic rings. The van der Waals surface area contributed by atoms with Crippen molar-refractivity contribution in [1.82, 2.24) is 0 Å². The van der Waals surface area contributed by atoms with E-state index in [2.05, 4.69) is 21.2 Å². The maximum Gasteiger partial charge on any atom is 0.163 e. The van der Waals surface area contributed by atoms with Gasteiger partial charge < -0.3 is 5.32 Å². The van der Waals surface area contributed by atoms with Gasteiger partial charge in [0.1, 0.15) is 0 Å². The van der Waals surface area contributed by atoms with E-state index in [1.54, 1.807) is 6.07 Å². The van der Waals surface area contributed by atoms with Gasteiger partial charge in [-0.2, -0.15) is 0 Å². The third kappa shape index (κ3) is 3.07. The topological polar surface area (TPSA) is 12.0 Å². The van der Waals surface area contributed by atoms with Gasteiger partial charge in [-0.25, -0.2) is 8.78 Å². The van der Waals surface area contributed by atoms with Gasteiger partial charge in [0, 0.05) is 22.3 Å². The number of aryl methyl sites for hydroxylation is 1. The van der Waals surface area contributed by atoms with Gasteiger partial charge in [-0.1, -0.05) is 28.1 Å². The third-order valence-corrected chi connectivity index (χ3v) is 3.01. The lowest BCUT2D eigenvalue weighted by molar-refractivity contribution is 0.500. The van der Waals surface area contributed by atoms with E-state index < -0.39 is 11.6 Å². The standard InChI is InChI=1S/C14H12BrF2N/c1-9-5-11(15)7-12(6-9)18-8-10-3-2-4-13(16)14(10)17/h2-7,18H,8H2,1H3. The molecule has 94 valence electrons. The molecule has 0 amide bonds. The lowest BCUT2D eigenvalue weighted by Gasteiger charge is -2.09. The Hall–Kier alpha value is -1.42. The molecule has 0 radical (unpaired) electrons. The molecule has 0 saturated carbocycles. The minimum absolute atomic E-state index is 0.249. The van der Waals surface area contributed by atoms with Crippen LogP contribution in [-0.2, 0) is 6.54 Å². The van der Waals surface area contributed by atoms with Gasteiger partial charge in [0.05, 0.1) is 0 Å². The summed E-state index contributed by atoms with van der Waals surface area (Å²) < 4.78 is 27.4. The molecule has 18 heavy (non-hydrogen) atoms. The highest BCUT2D eigenvalue weighted by Crippen LogP contribution is 2.20. The van der Waals surface area contributed by atoms with Crippen LogP contribution >= 0.6 is 15.9 Å². The first-order valence-electron chi connectivity index (χ1n) is 5.50. The van der Waals surface area contributed by atoms with Crippen molar-refractivity contribution in [3.05, 3.63) is 63.6 Å². The van der Waals surface area contributed by atoms with E-state index in [1.165, 1.54) is 6.07 Å². The largest absolute Gasteiger partial charge is 0.381 e. The Morgan fingerprint density at radius 3 is 2.67 bits per heavy atom. The zero-order chi connectivity index (χ0) is 13.1. The Morgan fingerprint density at radius 1 is 1.17 bits per heavy atom. The molecule has 0 bridgehead atoms. The van der Waals surface area contributed by atoms with Crippen molar-refractivity contribution in [1.29, 1.82) is 0 Å². The Kier molecular flexibility index (Phi) is 3.97. The van der Waals surface area contributed by atoms with Gasteiger partial charge in [-0.3, -0.25) is 0 Å². The van der Waals surface area contributed by atoms with Crippen molar-refractivity contribution in [3.8, 4) is 0 Å². The average Bonchev–Trinajstić information content (AvgIpc) is 2.30. The first kappa shape index (κ1) is 13.0. The predicted octanol–water partition coefficient (Wildman–Crippen LogP) is 4.65. The minimum Gasteiger partial charge on any atom is -0.381 e. The smallest absolute Gasteiger partial charge is 0.163 e. The van der Waals surface area contributed by atoms with Crippen LogP contribution in [0.1, 0.15) is 11.1 Å². The monoisotopic (exact) mass is 311 g/mol. The molecule has 0 unspecified atom stereocenters. The third-order valence-electron chi connectivity index (χ3n) is 2.56. The van der Waals surface area contributed by atoms with E-state index in [0.29, 0.717) is 5.56 Å². The van der Waals surface area contributed by atoms with E-state index in [1.807, 2.05) is 25.1 Å². The van der Waals surface area contributed by atoms with Crippen molar-refractivity contribution in [2.45, 2.75) is 13.5 Å². The van der Waals surface area contributed by atoms with Crippen LogP contribution in [0.4, 0.5) is 14.5 Å². The number of anilines is 1. The van der Waals surface area contributed by atoms with Gasteiger partial charge in [-0.05, 0) is 36.8 Å². The van der Waals surface area contributed by atoms with Crippen LogP contribution in [0, 0.1) is 18.6 Å². The maximum absolute atomic E-state index is 13.4. The molecule has 2 aromatic carbocycles. The molecular formula is C14H12BrF2N. The highest BCUT2D eigenvalue weighted by molar-refractivity contribution is 9.10. The summed E-state index contributed by atoms with van der Waals surface area (Å²) in [6, 6.07) is 10.0. The van der Waals surface area contributed by atoms with E-state index in [9.17, 15) is 8.78 Å². The van der Waals surface area contributed by atoms with E-state index >= 15 is 0 Å². The molecule has 0 aliphatic heterocycles. The first-order valence-corrected chi connectivity index (χ1v) is 6.29. The molecule has 2 aromatic rings. The van der Waals surface area contributed by atoms with Gasteiger partial charge >= 0.3 is 0 Å². The number of nitrogens with one attached hydrogen (secondary N) is 1. The van der Waals surface area contributed by atoms with Crippen molar-refractivity contribution in [2.24, 2.45) is 0 Å². The van der Waals surface area contributed by atoms with E-state index in [0.717, 1.165) is 21.8 Å². The van der Waals surface area contributed by atoms with E-state index in [-0.39, 0.29) is 6.54 Å². The molecule has 0 spiro atoms. The van der Waals surface area contributed by atoms with Gasteiger partial charge in [0.2, 0.25) is 0 Å². The molecular weight excluding hydrogens is 300 g/mol. The van der Waals surface area contributed by atoms with Crippen molar-refractivity contribution in [2.75, 3.05) is 5.32 Å². The highest BCUT2D eigenvalue weighted by atomic mass is 79.9. The SMILES string of the molecule is Cc1cc(Br)cc(NCc2cccc(F)c2F)c1. The Morgan fingerprint density at radius 2 is 1.94 bits per heavy atom. The molecule has 2 rings (SSSR count). The number of benzene rings is 2. The number of hydrogen-bond donors (Lipinski definition) is 1. The Labute approximate surface area is 113 Å². The molecule has 0 heterocycles. The minimum atomic E-state index is -0.820. The van der Waals surface area contributed by atoms with Crippen molar-refractivity contribution < 1.29 is 8.78 Å². The summed E-state index contributed by atoms with van der Waals surface area (Å²) in [7, 11) is 0. The van der Waals surface area contributed by atoms with Gasteiger partial charge in [0.15, 0.2) is 11.6 Å². The number of rotatable bonds is 3. The first-order chi connectivity index (χ1) is 8.56. The second kappa shape index (κ2) is 5.48. The van der Waals surface area contributed by atoms with Crippen LogP contribution in [0.5, 0.6) is 0 Å². The highest BCUT2D eigenvalue weighted by Gasteiger charge is 2.07. The number of halogens is 3. The summed E-state index contributed by atoms with van der Waals surface area (Å²) in [6.07, 6.45) is 0. The molecule has 0 atom stereocenters. The number of hydrogen-bond acceptors (Lipinski definition) is 1. The van der Waals surface area contributed by atoms with Crippen LogP contribution in [0.3, 0.4) is 0 Å². The fraction of sp³-hybridized carbons (Fsp3) is 0.143. The fourth-order valence-electron chi connectivity index (χ4n) is 1.72. The molecule has 0 fully saturated rings. The Balaban J connectivity index is 2.14. The second-order valence-electron chi connectivity index (χ2n) is 4.08. The van der Waals surface area contributed by atoms with Crippen LogP contribution in [0.15, 0.2) is 40.9 Å². The zero-order valence-corrected chi connectivity index (χ0v) is 11.4. The normalized spacial score (nSPS) is 10.4. The fourth-order valence-corrected chi connectivity index (χ4v) is 2.33. The molecule has 0 aliphatic carbocycles. The summed E-state index contributed by atoms with van der Waals surface area (Å²) in [5, 5.41) is 3.07. The molecule has 4 heteroatoms. The summed E-state index contributed by atoms with van der Waals surface area (Å²) in [5.41, 5.74) is 2.27. The summed E-state index contributed by atoms with van der Waals surface area (Å²) in [6.45, 7) is 2.22. The lowest BCUT2D eigenvalue weighted by atomic mass is 10.2. The maximum atomic E-state index is 13.4. The summed E-state index contributed by atoms with van der Waals surface area (Å²) in [5.74, 6) is -1.61. The Bertz CT molecular complexity index is 549.